The Morgan fingerprint density at radius 1 is 1.11 bits per heavy atom. The van der Waals surface area contributed by atoms with Gasteiger partial charge in [0.25, 0.3) is 5.91 Å². The van der Waals surface area contributed by atoms with Crippen LogP contribution in [0.3, 0.4) is 0 Å². The van der Waals surface area contributed by atoms with Crippen LogP contribution >= 0.6 is 0 Å². The monoisotopic (exact) mass is 377 g/mol. The summed E-state index contributed by atoms with van der Waals surface area (Å²) in [5, 5.41) is 21.2. The zero-order valence-electron chi connectivity index (χ0n) is 15.9. The fraction of sp³-hybridized carbons (Fsp3) is 0.227. The summed E-state index contributed by atoms with van der Waals surface area (Å²) >= 11 is 0. The molecule has 0 heterocycles. The van der Waals surface area contributed by atoms with Gasteiger partial charge in [0.05, 0.1) is 6.42 Å². The Morgan fingerprint density at radius 2 is 1.75 bits per heavy atom. The third-order valence-electron chi connectivity index (χ3n) is 4.12. The topological polar surface area (TPSA) is 93.4 Å². The molecule has 0 atom stereocenters. The highest BCUT2D eigenvalue weighted by atomic mass is 16.4. The molecule has 0 fully saturated rings. The van der Waals surface area contributed by atoms with Crippen LogP contribution < -0.4 is 5.32 Å². The molecule has 6 nitrogen and oxygen atoms in total. The summed E-state index contributed by atoms with van der Waals surface area (Å²) in [6.07, 6.45) is 1.33. The van der Waals surface area contributed by atoms with Gasteiger partial charge in [-0.15, -0.1) is 0 Å². The van der Waals surface area contributed by atoms with E-state index in [0.717, 1.165) is 5.56 Å². The van der Waals surface area contributed by atoms with E-state index in [2.05, 4.69) is 5.32 Å². The molecule has 0 unspecified atom stereocenters. The van der Waals surface area contributed by atoms with Crippen molar-refractivity contribution in [1.29, 1.82) is 5.26 Å². The van der Waals surface area contributed by atoms with E-state index in [-0.39, 0.29) is 23.9 Å². The lowest BCUT2D eigenvalue weighted by molar-refractivity contribution is -0.136. The minimum absolute atomic E-state index is 0.000700. The summed E-state index contributed by atoms with van der Waals surface area (Å²) in [7, 11) is 0. The highest BCUT2D eigenvalue weighted by Crippen LogP contribution is 2.14. The number of benzene rings is 2. The molecule has 0 aliphatic carbocycles. The maximum Gasteiger partial charge on any atom is 0.307 e. The second-order valence-corrected chi connectivity index (χ2v) is 6.59. The first-order valence-electron chi connectivity index (χ1n) is 8.93. The van der Waals surface area contributed by atoms with Crippen molar-refractivity contribution in [3.8, 4) is 6.07 Å². The van der Waals surface area contributed by atoms with E-state index in [9.17, 15) is 14.9 Å². The summed E-state index contributed by atoms with van der Waals surface area (Å²) in [4.78, 5) is 25.2. The Morgan fingerprint density at radius 3 is 2.29 bits per heavy atom. The number of carbonyl (C=O) groups is 2. The fourth-order valence-corrected chi connectivity index (χ4v) is 2.61. The normalized spacial score (nSPS) is 11.0. The smallest absolute Gasteiger partial charge is 0.307 e. The number of nitrogens with one attached hydrogen (secondary N) is 1. The minimum atomic E-state index is -0.898. The van der Waals surface area contributed by atoms with Crippen molar-refractivity contribution in [2.24, 2.45) is 0 Å². The number of nitriles is 1. The first kappa shape index (κ1) is 20.7. The molecule has 1 amide bonds. The molecule has 144 valence electrons. The van der Waals surface area contributed by atoms with Crippen molar-refractivity contribution in [3.05, 3.63) is 77.5 Å². The van der Waals surface area contributed by atoms with Crippen LogP contribution in [0, 0.1) is 11.3 Å². The van der Waals surface area contributed by atoms with Crippen LogP contribution in [0.25, 0.3) is 0 Å². The molecule has 2 N–H and O–H groups in total. The zero-order valence-corrected chi connectivity index (χ0v) is 15.9. The predicted octanol–water partition coefficient (Wildman–Crippen LogP) is 3.57. The quantitative estimate of drug-likeness (QED) is 0.542. The molecular formula is C22H23N3O3. The molecule has 6 heteroatoms. The molecule has 0 radical (unpaired) electrons. The van der Waals surface area contributed by atoms with Crippen molar-refractivity contribution >= 4 is 17.6 Å². The van der Waals surface area contributed by atoms with Gasteiger partial charge in [-0.1, -0.05) is 42.5 Å². The first-order chi connectivity index (χ1) is 13.4. The first-order valence-corrected chi connectivity index (χ1v) is 8.93. The van der Waals surface area contributed by atoms with Gasteiger partial charge in [0.15, 0.2) is 0 Å². The SMILES string of the molecule is CC(C)N(Cc1ccccc1)C(=O)/C(C#N)=C\Nc1ccc(CC(=O)O)cc1. The molecule has 0 spiro atoms. The molecule has 0 aliphatic heterocycles. The molecule has 0 saturated heterocycles. The van der Waals surface area contributed by atoms with Crippen LogP contribution in [0.5, 0.6) is 0 Å². The van der Waals surface area contributed by atoms with Crippen LogP contribution in [-0.4, -0.2) is 27.9 Å². The summed E-state index contributed by atoms with van der Waals surface area (Å²) in [5.74, 6) is -1.25. The maximum absolute atomic E-state index is 12.8. The summed E-state index contributed by atoms with van der Waals surface area (Å²) < 4.78 is 0. The van der Waals surface area contributed by atoms with E-state index in [0.29, 0.717) is 17.8 Å². The van der Waals surface area contributed by atoms with Gasteiger partial charge in [0.2, 0.25) is 0 Å². The number of amides is 1. The zero-order chi connectivity index (χ0) is 20.5. The summed E-state index contributed by atoms with van der Waals surface area (Å²) in [5.41, 5.74) is 2.32. The van der Waals surface area contributed by atoms with E-state index >= 15 is 0 Å². The predicted molar refractivity (Wildman–Crippen MR) is 107 cm³/mol. The summed E-state index contributed by atoms with van der Waals surface area (Å²) in [6.45, 7) is 4.23. The number of aliphatic carboxylic acids is 1. The third kappa shape index (κ3) is 5.99. The Balaban J connectivity index is 2.11. The van der Waals surface area contributed by atoms with Gasteiger partial charge < -0.3 is 15.3 Å². The van der Waals surface area contributed by atoms with Crippen LogP contribution in [0.1, 0.15) is 25.0 Å². The average Bonchev–Trinajstić information content (AvgIpc) is 2.67. The summed E-state index contributed by atoms with van der Waals surface area (Å²) in [6, 6.07) is 18.3. The standard InChI is InChI=1S/C22H23N3O3/c1-16(2)25(15-18-6-4-3-5-7-18)22(28)19(13-23)14-24-20-10-8-17(9-11-20)12-21(26)27/h3-11,14,16,24H,12,15H2,1-2H3,(H,26,27)/b19-14-. The molecular weight excluding hydrogens is 354 g/mol. The second-order valence-electron chi connectivity index (χ2n) is 6.59. The maximum atomic E-state index is 12.8. The lowest BCUT2D eigenvalue weighted by atomic mass is 10.1. The van der Waals surface area contributed by atoms with Crippen LogP contribution in [-0.2, 0) is 22.6 Å². The highest BCUT2D eigenvalue weighted by Gasteiger charge is 2.21. The van der Waals surface area contributed by atoms with Crippen LogP contribution in [0.4, 0.5) is 5.69 Å². The van der Waals surface area contributed by atoms with Gasteiger partial charge >= 0.3 is 5.97 Å². The van der Waals surface area contributed by atoms with E-state index in [4.69, 9.17) is 5.11 Å². The Bertz CT molecular complexity index is 881. The van der Waals surface area contributed by atoms with Gasteiger partial charge in [-0.2, -0.15) is 5.26 Å². The van der Waals surface area contributed by atoms with Crippen molar-refractivity contribution in [1.82, 2.24) is 4.90 Å². The number of carbonyl (C=O) groups excluding carboxylic acids is 1. The molecule has 2 aromatic rings. The number of carboxylic acids is 1. The number of hydrogen-bond donors (Lipinski definition) is 2. The molecule has 0 aliphatic rings. The Labute approximate surface area is 164 Å². The fourth-order valence-electron chi connectivity index (χ4n) is 2.61. The van der Waals surface area contributed by atoms with Gasteiger partial charge in [-0.25, -0.2) is 0 Å². The molecule has 0 saturated carbocycles. The number of hydrogen-bond acceptors (Lipinski definition) is 4. The molecule has 28 heavy (non-hydrogen) atoms. The number of rotatable bonds is 8. The van der Waals surface area contributed by atoms with Gasteiger partial charge in [0, 0.05) is 24.5 Å². The lowest BCUT2D eigenvalue weighted by Crippen LogP contribution is -2.37. The van der Waals surface area contributed by atoms with E-state index < -0.39 is 5.97 Å². The van der Waals surface area contributed by atoms with Crippen LogP contribution in [0.15, 0.2) is 66.4 Å². The molecule has 2 aromatic carbocycles. The van der Waals surface area contributed by atoms with Crippen molar-refractivity contribution in [2.75, 3.05) is 5.32 Å². The van der Waals surface area contributed by atoms with Crippen molar-refractivity contribution in [3.63, 3.8) is 0 Å². The third-order valence-corrected chi connectivity index (χ3v) is 4.12. The number of nitrogens with zero attached hydrogens (tertiary/aromatic N) is 2. The van der Waals surface area contributed by atoms with Gasteiger partial charge in [0.1, 0.15) is 11.6 Å². The van der Waals surface area contributed by atoms with Crippen molar-refractivity contribution < 1.29 is 14.7 Å². The van der Waals surface area contributed by atoms with E-state index in [1.807, 2.05) is 50.2 Å². The molecule has 0 aromatic heterocycles. The molecule has 0 bridgehead atoms. The van der Waals surface area contributed by atoms with E-state index in [1.165, 1.54) is 6.20 Å². The van der Waals surface area contributed by atoms with Gasteiger partial charge in [-0.3, -0.25) is 9.59 Å². The highest BCUT2D eigenvalue weighted by molar-refractivity contribution is 5.97. The Kier molecular flexibility index (Phi) is 7.35. The van der Waals surface area contributed by atoms with Crippen molar-refractivity contribution in [2.45, 2.75) is 32.9 Å². The average molecular weight is 377 g/mol. The Hall–Kier alpha value is -3.59. The number of anilines is 1. The van der Waals surface area contributed by atoms with E-state index in [1.54, 1.807) is 29.2 Å². The second kappa shape index (κ2) is 9.93. The van der Waals surface area contributed by atoms with Crippen LogP contribution in [0.2, 0.25) is 0 Å². The molecule has 2 rings (SSSR count). The minimum Gasteiger partial charge on any atom is -0.481 e. The lowest BCUT2D eigenvalue weighted by Gasteiger charge is -2.26. The van der Waals surface area contributed by atoms with Gasteiger partial charge in [-0.05, 0) is 37.1 Å². The number of carboxylic acid groups (broad SMARTS) is 1. The largest absolute Gasteiger partial charge is 0.481 e.